The molecule has 1 aromatic heterocycles. The Morgan fingerprint density at radius 1 is 1.15 bits per heavy atom. The molecule has 2 aromatic rings. The molecule has 1 aromatic carbocycles. The zero-order valence-corrected chi connectivity index (χ0v) is 21.3. The minimum absolute atomic E-state index is 0.0697. The molecule has 2 N–H and O–H groups in total. The second-order valence-corrected chi connectivity index (χ2v) is 11.5. The first-order chi connectivity index (χ1) is 16.1. The van der Waals surface area contributed by atoms with Gasteiger partial charge in [0, 0.05) is 23.9 Å². The largest absolute Gasteiger partial charge is 0.483 e. The van der Waals surface area contributed by atoms with Crippen molar-refractivity contribution in [1.29, 1.82) is 0 Å². The quantitative estimate of drug-likeness (QED) is 0.489. The maximum Gasteiger partial charge on any atom is 0.270 e. The Balaban J connectivity index is 1.38. The van der Waals surface area contributed by atoms with Crippen molar-refractivity contribution in [2.45, 2.75) is 84.9 Å². The first kappa shape index (κ1) is 26.1. The number of amides is 2. The minimum atomic E-state index is -0.428. The van der Waals surface area contributed by atoms with Gasteiger partial charge in [0.25, 0.3) is 5.91 Å². The number of nitrogens with one attached hydrogen (secondary N) is 2. The van der Waals surface area contributed by atoms with Crippen LogP contribution in [0.25, 0.3) is 0 Å². The number of benzene rings is 1. The predicted molar refractivity (Wildman–Crippen MR) is 132 cm³/mol. The van der Waals surface area contributed by atoms with Gasteiger partial charge in [0.1, 0.15) is 17.3 Å². The molecule has 6 nitrogen and oxygen atoms in total. The molecule has 1 aliphatic carbocycles. The van der Waals surface area contributed by atoms with Gasteiger partial charge in [-0.3, -0.25) is 9.59 Å². The van der Waals surface area contributed by atoms with Crippen LogP contribution in [0.1, 0.15) is 81.7 Å². The summed E-state index contributed by atoms with van der Waals surface area (Å²) >= 11 is 1.31. The van der Waals surface area contributed by atoms with Gasteiger partial charge in [0.05, 0.1) is 0 Å². The number of rotatable bonds is 9. The average Bonchev–Trinajstić information content (AvgIpc) is 3.22. The van der Waals surface area contributed by atoms with E-state index in [0.29, 0.717) is 23.0 Å². The summed E-state index contributed by atoms with van der Waals surface area (Å²) < 4.78 is 19.1. The fraction of sp³-hybridized carbons (Fsp3) is 0.577. The van der Waals surface area contributed by atoms with Gasteiger partial charge in [-0.15, -0.1) is 11.3 Å². The van der Waals surface area contributed by atoms with E-state index in [9.17, 15) is 14.0 Å². The van der Waals surface area contributed by atoms with Crippen LogP contribution in [-0.4, -0.2) is 28.9 Å². The number of aromatic nitrogens is 1. The molecular formula is C26H36FN3O3S. The Hall–Kier alpha value is -2.48. The number of halogens is 1. The number of hydrogen-bond acceptors (Lipinski definition) is 5. The van der Waals surface area contributed by atoms with Crippen molar-refractivity contribution in [3.63, 3.8) is 0 Å². The molecule has 34 heavy (non-hydrogen) atoms. The number of para-hydroxylation sites is 1. The third-order valence-corrected chi connectivity index (χ3v) is 6.72. The van der Waals surface area contributed by atoms with Crippen LogP contribution in [-0.2, 0) is 11.4 Å². The van der Waals surface area contributed by atoms with Crippen molar-refractivity contribution in [3.05, 3.63) is 46.2 Å². The number of carbonyl (C=O) groups is 2. The van der Waals surface area contributed by atoms with Gasteiger partial charge in [-0.1, -0.05) is 39.8 Å². The van der Waals surface area contributed by atoms with Crippen LogP contribution in [0.2, 0.25) is 0 Å². The third kappa shape index (κ3) is 8.38. The summed E-state index contributed by atoms with van der Waals surface area (Å²) in [5, 5.41) is 8.53. The van der Waals surface area contributed by atoms with Crippen LogP contribution in [0, 0.1) is 17.2 Å². The summed E-state index contributed by atoms with van der Waals surface area (Å²) in [5.74, 6) is 0.00363. The van der Waals surface area contributed by atoms with Gasteiger partial charge >= 0.3 is 0 Å². The van der Waals surface area contributed by atoms with E-state index in [1.54, 1.807) is 23.6 Å². The van der Waals surface area contributed by atoms with Crippen LogP contribution < -0.4 is 15.4 Å². The molecule has 1 atom stereocenters. The lowest BCUT2D eigenvalue weighted by Crippen LogP contribution is -2.44. The summed E-state index contributed by atoms with van der Waals surface area (Å²) in [6, 6.07) is 6.44. The van der Waals surface area contributed by atoms with Crippen molar-refractivity contribution >= 4 is 23.2 Å². The molecule has 0 aliphatic heterocycles. The van der Waals surface area contributed by atoms with Crippen molar-refractivity contribution < 1.29 is 18.7 Å². The lowest BCUT2D eigenvalue weighted by atomic mass is 9.84. The fourth-order valence-corrected chi connectivity index (χ4v) is 5.23. The molecule has 2 amide bonds. The van der Waals surface area contributed by atoms with E-state index in [2.05, 4.69) is 43.3 Å². The topological polar surface area (TPSA) is 80.3 Å². The van der Waals surface area contributed by atoms with Crippen LogP contribution >= 0.6 is 11.3 Å². The van der Waals surface area contributed by atoms with Crippen molar-refractivity contribution in [2.24, 2.45) is 11.3 Å². The average molecular weight is 490 g/mol. The van der Waals surface area contributed by atoms with Gasteiger partial charge in [-0.05, 0) is 55.6 Å². The lowest BCUT2D eigenvalue weighted by molar-refractivity contribution is -0.123. The van der Waals surface area contributed by atoms with Crippen LogP contribution in [0.4, 0.5) is 4.39 Å². The first-order valence-electron chi connectivity index (χ1n) is 12.0. The maximum atomic E-state index is 13.7. The van der Waals surface area contributed by atoms with Gasteiger partial charge in [0.2, 0.25) is 5.91 Å². The molecular weight excluding hydrogens is 453 g/mol. The highest BCUT2D eigenvalue weighted by atomic mass is 32.1. The number of thiazole rings is 1. The summed E-state index contributed by atoms with van der Waals surface area (Å²) in [6.07, 6.45) is 4.92. The fourth-order valence-electron chi connectivity index (χ4n) is 4.54. The number of carbonyl (C=O) groups excluding carboxylic acids is 2. The monoisotopic (exact) mass is 489 g/mol. The summed E-state index contributed by atoms with van der Waals surface area (Å²) in [6.45, 7) is 8.83. The molecule has 1 heterocycles. The second kappa shape index (κ2) is 11.8. The summed E-state index contributed by atoms with van der Waals surface area (Å²) in [4.78, 5) is 29.3. The number of ether oxygens (including phenoxy) is 1. The highest BCUT2D eigenvalue weighted by molar-refractivity contribution is 7.09. The number of nitrogens with zero attached hydrogens (tertiary/aromatic N) is 1. The summed E-state index contributed by atoms with van der Waals surface area (Å²) in [5.41, 5.74) is 0.571. The first-order valence-corrected chi connectivity index (χ1v) is 12.9. The zero-order valence-electron chi connectivity index (χ0n) is 20.5. The van der Waals surface area contributed by atoms with E-state index in [0.717, 1.165) is 32.1 Å². The van der Waals surface area contributed by atoms with Crippen LogP contribution in [0.15, 0.2) is 29.6 Å². The number of hydrogen-bond donors (Lipinski definition) is 2. The van der Waals surface area contributed by atoms with E-state index >= 15 is 0 Å². The standard InChI is InChI=1S/C26H36FN3O3S/c1-17(14-26(2,3)4)13-23(31)28-18-9-11-19(12-10-18)29-25(32)21-16-34-24(30-21)15-33-22-8-6-5-7-20(22)27/h5-8,16-19H,9-15H2,1-4H3,(H,28,31)(H,29,32). The van der Waals surface area contributed by atoms with E-state index in [1.807, 2.05) is 0 Å². The van der Waals surface area contributed by atoms with Gasteiger partial charge in [-0.25, -0.2) is 9.37 Å². The molecule has 1 saturated carbocycles. The van der Waals surface area contributed by atoms with Gasteiger partial charge in [-0.2, -0.15) is 0 Å². The van der Waals surface area contributed by atoms with E-state index in [-0.39, 0.29) is 41.7 Å². The Morgan fingerprint density at radius 2 is 1.79 bits per heavy atom. The highest BCUT2D eigenvalue weighted by Crippen LogP contribution is 2.26. The Bertz CT molecular complexity index is 964. The predicted octanol–water partition coefficient (Wildman–Crippen LogP) is 5.48. The van der Waals surface area contributed by atoms with E-state index in [4.69, 9.17) is 4.74 Å². The van der Waals surface area contributed by atoms with Crippen LogP contribution in [0.3, 0.4) is 0 Å². The molecule has 0 radical (unpaired) electrons. The molecule has 1 fully saturated rings. The minimum Gasteiger partial charge on any atom is -0.483 e. The Morgan fingerprint density at radius 3 is 2.44 bits per heavy atom. The molecule has 0 saturated heterocycles. The Labute approximate surface area is 205 Å². The molecule has 186 valence electrons. The van der Waals surface area contributed by atoms with Crippen molar-refractivity contribution in [2.75, 3.05) is 0 Å². The van der Waals surface area contributed by atoms with E-state index in [1.165, 1.54) is 17.4 Å². The smallest absolute Gasteiger partial charge is 0.270 e. The van der Waals surface area contributed by atoms with Crippen molar-refractivity contribution in [1.82, 2.24) is 15.6 Å². The highest BCUT2D eigenvalue weighted by Gasteiger charge is 2.25. The van der Waals surface area contributed by atoms with Crippen LogP contribution in [0.5, 0.6) is 5.75 Å². The van der Waals surface area contributed by atoms with Crippen molar-refractivity contribution in [3.8, 4) is 5.75 Å². The molecule has 0 bridgehead atoms. The van der Waals surface area contributed by atoms with Gasteiger partial charge < -0.3 is 15.4 Å². The molecule has 1 unspecified atom stereocenters. The third-order valence-electron chi connectivity index (χ3n) is 5.89. The zero-order chi connectivity index (χ0) is 24.7. The Kier molecular flexibility index (Phi) is 9.05. The second-order valence-electron chi connectivity index (χ2n) is 10.5. The molecule has 1 aliphatic rings. The van der Waals surface area contributed by atoms with E-state index < -0.39 is 5.82 Å². The molecule has 3 rings (SSSR count). The lowest BCUT2D eigenvalue weighted by Gasteiger charge is -2.30. The molecule has 8 heteroatoms. The maximum absolute atomic E-state index is 13.7. The normalized spacial score (nSPS) is 19.3. The summed E-state index contributed by atoms with van der Waals surface area (Å²) in [7, 11) is 0. The van der Waals surface area contributed by atoms with Gasteiger partial charge in [0.15, 0.2) is 11.6 Å². The SMILES string of the molecule is CC(CC(=O)NC1CCC(NC(=O)c2csc(COc3ccccc3F)n2)CC1)CC(C)(C)C. The molecule has 0 spiro atoms.